The highest BCUT2D eigenvalue weighted by atomic mass is 16.3. The minimum absolute atomic E-state index is 0.0652. The van der Waals surface area contributed by atoms with Gasteiger partial charge in [0.1, 0.15) is 5.75 Å². The van der Waals surface area contributed by atoms with E-state index in [9.17, 15) is 9.90 Å². The lowest BCUT2D eigenvalue weighted by Crippen LogP contribution is -2.47. The van der Waals surface area contributed by atoms with Crippen molar-refractivity contribution in [3.05, 3.63) is 23.8 Å². The predicted octanol–water partition coefficient (Wildman–Crippen LogP) is 2.40. The van der Waals surface area contributed by atoms with Gasteiger partial charge in [0.15, 0.2) is 0 Å². The van der Waals surface area contributed by atoms with Crippen LogP contribution in [0.25, 0.3) is 0 Å². The van der Waals surface area contributed by atoms with E-state index in [1.165, 1.54) is 0 Å². The quantitative estimate of drug-likeness (QED) is 0.905. The van der Waals surface area contributed by atoms with Crippen LogP contribution in [0, 0.1) is 0 Å². The van der Waals surface area contributed by atoms with Crippen LogP contribution in [0.4, 0.5) is 5.69 Å². The van der Waals surface area contributed by atoms with Gasteiger partial charge in [-0.3, -0.25) is 4.79 Å². The fraction of sp³-hybridized carbons (Fsp3) is 0.611. The Labute approximate surface area is 139 Å². The maximum Gasteiger partial charge on any atom is 0.257 e. The molecular formula is C18H29N3O2. The van der Waals surface area contributed by atoms with Crippen LogP contribution in [-0.4, -0.2) is 67.1 Å². The van der Waals surface area contributed by atoms with Gasteiger partial charge in [-0.15, -0.1) is 0 Å². The molecule has 1 atom stereocenters. The topological polar surface area (TPSA) is 47.0 Å². The number of likely N-dealkylation sites (tertiary alicyclic amines) is 1. The summed E-state index contributed by atoms with van der Waals surface area (Å²) < 4.78 is 0. The zero-order valence-electron chi connectivity index (χ0n) is 14.7. The summed E-state index contributed by atoms with van der Waals surface area (Å²) in [5.41, 5.74) is 1.33. The van der Waals surface area contributed by atoms with Gasteiger partial charge < -0.3 is 19.8 Å². The largest absolute Gasteiger partial charge is 0.507 e. The Morgan fingerprint density at radius 3 is 2.61 bits per heavy atom. The van der Waals surface area contributed by atoms with E-state index >= 15 is 0 Å². The van der Waals surface area contributed by atoms with Crippen molar-refractivity contribution < 1.29 is 9.90 Å². The zero-order valence-corrected chi connectivity index (χ0v) is 14.7. The third kappa shape index (κ3) is 3.96. The molecule has 1 fully saturated rings. The van der Waals surface area contributed by atoms with Gasteiger partial charge in [-0.05, 0) is 52.4 Å². The number of carbonyl (C=O) groups is 1. The Balaban J connectivity index is 2.15. The molecule has 128 valence electrons. The molecule has 0 aliphatic carbocycles. The van der Waals surface area contributed by atoms with Crippen molar-refractivity contribution in [1.29, 1.82) is 0 Å². The van der Waals surface area contributed by atoms with Gasteiger partial charge in [-0.25, -0.2) is 0 Å². The number of carbonyl (C=O) groups excluding carboxylic acids is 1. The number of nitrogens with zero attached hydrogens (tertiary/aromatic N) is 3. The van der Waals surface area contributed by atoms with Gasteiger partial charge in [-0.2, -0.15) is 0 Å². The minimum atomic E-state index is -0.103. The average Bonchev–Trinajstić information content (AvgIpc) is 2.55. The number of phenolic OH excluding ortho intramolecular Hbond substituents is 1. The number of benzene rings is 1. The smallest absolute Gasteiger partial charge is 0.257 e. The maximum absolute atomic E-state index is 12.7. The van der Waals surface area contributed by atoms with E-state index in [4.69, 9.17) is 0 Å². The molecule has 0 unspecified atom stereocenters. The van der Waals surface area contributed by atoms with Crippen LogP contribution in [0.5, 0.6) is 5.75 Å². The fourth-order valence-electron chi connectivity index (χ4n) is 3.30. The zero-order chi connectivity index (χ0) is 17.0. The summed E-state index contributed by atoms with van der Waals surface area (Å²) in [7, 11) is 3.92. The number of hydrogen-bond donors (Lipinski definition) is 1. The molecular weight excluding hydrogens is 290 g/mol. The summed E-state index contributed by atoms with van der Waals surface area (Å²) >= 11 is 0. The summed E-state index contributed by atoms with van der Waals surface area (Å²) in [4.78, 5) is 18.9. The predicted molar refractivity (Wildman–Crippen MR) is 94.3 cm³/mol. The average molecular weight is 319 g/mol. The molecule has 23 heavy (non-hydrogen) atoms. The SMILES string of the molecule is CCN(CC)c1ccc(C(=O)N(C)[C@H]2CCCN(C)C2)c(O)c1. The van der Waals surface area contributed by atoms with Crippen molar-refractivity contribution in [2.75, 3.05) is 45.2 Å². The van der Waals surface area contributed by atoms with Crippen molar-refractivity contribution in [3.63, 3.8) is 0 Å². The number of piperidine rings is 1. The Hall–Kier alpha value is -1.75. The first kappa shape index (κ1) is 17.6. The molecule has 5 nitrogen and oxygen atoms in total. The standard InChI is InChI=1S/C18H29N3O2/c1-5-21(6-2)14-9-10-16(17(22)12-14)18(23)20(4)15-8-7-11-19(3)13-15/h9-10,12,15,22H,5-8,11,13H2,1-4H3/t15-/m0/s1. The van der Waals surface area contributed by atoms with Gasteiger partial charge in [0.25, 0.3) is 5.91 Å². The third-order valence-electron chi connectivity index (χ3n) is 4.81. The molecule has 0 spiro atoms. The van der Waals surface area contributed by atoms with E-state index in [2.05, 4.69) is 30.7 Å². The Kier molecular flexibility index (Phi) is 5.88. The molecule has 0 saturated carbocycles. The minimum Gasteiger partial charge on any atom is -0.507 e. The number of hydrogen-bond acceptors (Lipinski definition) is 4. The third-order valence-corrected chi connectivity index (χ3v) is 4.81. The molecule has 1 heterocycles. The second-order valence-corrected chi connectivity index (χ2v) is 6.35. The van der Waals surface area contributed by atoms with Gasteiger partial charge in [-0.1, -0.05) is 0 Å². The molecule has 1 saturated heterocycles. The molecule has 0 aromatic heterocycles. The van der Waals surface area contributed by atoms with Crippen molar-refractivity contribution in [1.82, 2.24) is 9.80 Å². The first-order chi connectivity index (χ1) is 11.0. The van der Waals surface area contributed by atoms with Gasteiger partial charge in [0.2, 0.25) is 0 Å². The van der Waals surface area contributed by atoms with Crippen LogP contribution >= 0.6 is 0 Å². The Morgan fingerprint density at radius 1 is 1.35 bits per heavy atom. The lowest BCUT2D eigenvalue weighted by molar-refractivity contribution is 0.0641. The highest BCUT2D eigenvalue weighted by Gasteiger charge is 2.26. The van der Waals surface area contributed by atoms with Crippen LogP contribution in [0.3, 0.4) is 0 Å². The molecule has 0 bridgehead atoms. The van der Waals surface area contributed by atoms with Crippen LogP contribution in [0.2, 0.25) is 0 Å². The molecule has 1 aromatic rings. The summed E-state index contributed by atoms with van der Waals surface area (Å²) in [6.45, 7) is 7.87. The highest BCUT2D eigenvalue weighted by Crippen LogP contribution is 2.27. The first-order valence-corrected chi connectivity index (χ1v) is 8.51. The second-order valence-electron chi connectivity index (χ2n) is 6.35. The molecule has 5 heteroatoms. The van der Waals surface area contributed by atoms with E-state index in [0.29, 0.717) is 5.56 Å². The summed E-state index contributed by atoms with van der Waals surface area (Å²) in [5, 5.41) is 10.3. The summed E-state index contributed by atoms with van der Waals surface area (Å²) in [6, 6.07) is 5.57. The number of aromatic hydroxyl groups is 1. The number of likely N-dealkylation sites (N-methyl/N-ethyl adjacent to an activating group) is 2. The maximum atomic E-state index is 12.7. The number of amides is 1. The van der Waals surface area contributed by atoms with E-state index in [1.807, 2.05) is 13.1 Å². The van der Waals surface area contributed by atoms with Gasteiger partial charge in [0, 0.05) is 44.5 Å². The van der Waals surface area contributed by atoms with E-state index < -0.39 is 0 Å². The molecule has 0 radical (unpaired) electrons. The molecule has 1 amide bonds. The number of anilines is 1. The summed E-state index contributed by atoms with van der Waals surface area (Å²) in [6.07, 6.45) is 2.12. The van der Waals surface area contributed by atoms with Gasteiger partial charge in [0.05, 0.1) is 5.56 Å². The molecule has 1 aliphatic heterocycles. The van der Waals surface area contributed by atoms with Crippen molar-refractivity contribution in [2.45, 2.75) is 32.7 Å². The monoisotopic (exact) mass is 319 g/mol. The molecule has 1 aromatic carbocycles. The lowest BCUT2D eigenvalue weighted by Gasteiger charge is -2.36. The van der Waals surface area contributed by atoms with Crippen LogP contribution in [0.15, 0.2) is 18.2 Å². The highest BCUT2D eigenvalue weighted by molar-refractivity contribution is 5.97. The van der Waals surface area contributed by atoms with E-state index in [-0.39, 0.29) is 17.7 Å². The second kappa shape index (κ2) is 7.68. The number of rotatable bonds is 5. The van der Waals surface area contributed by atoms with E-state index in [0.717, 1.165) is 44.7 Å². The van der Waals surface area contributed by atoms with Gasteiger partial charge >= 0.3 is 0 Å². The molecule has 1 N–H and O–H groups in total. The fourth-order valence-corrected chi connectivity index (χ4v) is 3.30. The first-order valence-electron chi connectivity index (χ1n) is 8.51. The van der Waals surface area contributed by atoms with Crippen molar-refractivity contribution in [3.8, 4) is 5.75 Å². The van der Waals surface area contributed by atoms with Crippen molar-refractivity contribution in [2.24, 2.45) is 0 Å². The molecule has 1 aliphatic rings. The Bertz CT molecular complexity index is 543. The number of phenols is 1. The Morgan fingerprint density at radius 2 is 2.04 bits per heavy atom. The van der Waals surface area contributed by atoms with Crippen LogP contribution in [0.1, 0.15) is 37.0 Å². The summed E-state index contributed by atoms with van der Waals surface area (Å²) in [5.74, 6) is -0.0377. The van der Waals surface area contributed by atoms with Crippen LogP contribution in [-0.2, 0) is 0 Å². The normalized spacial score (nSPS) is 18.7. The van der Waals surface area contributed by atoms with Crippen LogP contribution < -0.4 is 4.90 Å². The lowest BCUT2D eigenvalue weighted by atomic mass is 10.0. The van der Waals surface area contributed by atoms with E-state index in [1.54, 1.807) is 17.0 Å². The molecule has 2 rings (SSSR count). The van der Waals surface area contributed by atoms with Crippen molar-refractivity contribution >= 4 is 11.6 Å².